The molecular weight excluding hydrogens is 318 g/mol. The molecule has 0 unspecified atom stereocenters. The van der Waals surface area contributed by atoms with Crippen LogP contribution in [0, 0.1) is 11.3 Å². The van der Waals surface area contributed by atoms with Gasteiger partial charge >= 0.3 is 5.97 Å². The van der Waals surface area contributed by atoms with Crippen LogP contribution in [0.3, 0.4) is 0 Å². The van der Waals surface area contributed by atoms with E-state index in [0.29, 0.717) is 34.8 Å². The number of nitrogens with zero attached hydrogens (tertiary/aromatic N) is 1. The van der Waals surface area contributed by atoms with Gasteiger partial charge in [-0.2, -0.15) is 5.26 Å². The number of rotatable bonds is 5. The van der Waals surface area contributed by atoms with Gasteiger partial charge in [0.05, 0.1) is 18.7 Å². The van der Waals surface area contributed by atoms with Crippen LogP contribution >= 0.6 is 0 Å². The number of esters is 1. The molecule has 0 N–H and O–H groups in total. The monoisotopic (exact) mass is 339 g/mol. The number of allylic oxidation sites excluding steroid dienone is 4. The highest BCUT2D eigenvalue weighted by atomic mass is 16.5. The third-order valence-corrected chi connectivity index (χ3v) is 3.68. The zero-order valence-corrected chi connectivity index (χ0v) is 14.9. The van der Waals surface area contributed by atoms with Crippen molar-refractivity contribution in [2.24, 2.45) is 0 Å². The Morgan fingerprint density at radius 2 is 2.12 bits per heavy atom. The topological polar surface area (TPSA) is 68.5 Å². The molecule has 2 rings (SSSR count). The Bertz CT molecular complexity index is 810. The highest BCUT2D eigenvalue weighted by Gasteiger charge is 2.34. The lowest BCUT2D eigenvalue weighted by Gasteiger charge is -2.16. The summed E-state index contributed by atoms with van der Waals surface area (Å²) in [6.07, 6.45) is 5.49. The van der Waals surface area contributed by atoms with Gasteiger partial charge in [-0.1, -0.05) is 6.58 Å². The van der Waals surface area contributed by atoms with Gasteiger partial charge in [0, 0.05) is 17.6 Å². The maximum atomic E-state index is 11.9. The van der Waals surface area contributed by atoms with Gasteiger partial charge in [0.1, 0.15) is 22.9 Å². The van der Waals surface area contributed by atoms with Gasteiger partial charge in [0.25, 0.3) is 0 Å². The molecule has 1 aliphatic rings. The molecule has 0 fully saturated rings. The van der Waals surface area contributed by atoms with Crippen molar-refractivity contribution in [1.82, 2.24) is 0 Å². The molecule has 1 heterocycles. The Labute approximate surface area is 147 Å². The minimum Gasteiger partial charge on any atom is -0.487 e. The molecule has 130 valence electrons. The fourth-order valence-electron chi connectivity index (χ4n) is 2.49. The van der Waals surface area contributed by atoms with Crippen LogP contribution in [0.5, 0.6) is 11.5 Å². The van der Waals surface area contributed by atoms with E-state index in [-0.39, 0.29) is 5.60 Å². The van der Waals surface area contributed by atoms with Crippen molar-refractivity contribution < 1.29 is 19.0 Å². The lowest BCUT2D eigenvalue weighted by atomic mass is 10.00. The number of methoxy groups -OCH3 is 1. The number of carbonyl (C=O) groups excluding carboxylic acids is 1. The quantitative estimate of drug-likeness (QED) is 0.349. The summed E-state index contributed by atoms with van der Waals surface area (Å²) >= 11 is 0. The van der Waals surface area contributed by atoms with Crippen molar-refractivity contribution in [2.45, 2.75) is 32.8 Å². The average Bonchev–Trinajstić information content (AvgIpc) is 2.91. The summed E-state index contributed by atoms with van der Waals surface area (Å²) in [5.74, 6) is 1.11. The Hall–Kier alpha value is -3.00. The maximum absolute atomic E-state index is 11.9. The fraction of sp³-hybridized carbons (Fsp3) is 0.300. The second kappa shape index (κ2) is 7.27. The Balaban J connectivity index is 2.46. The van der Waals surface area contributed by atoms with Gasteiger partial charge < -0.3 is 14.2 Å². The van der Waals surface area contributed by atoms with Crippen LogP contribution < -0.4 is 9.47 Å². The van der Waals surface area contributed by atoms with E-state index in [4.69, 9.17) is 19.5 Å². The van der Waals surface area contributed by atoms with Crippen LogP contribution in [0.25, 0.3) is 0 Å². The highest BCUT2D eigenvalue weighted by Crippen LogP contribution is 2.42. The fourth-order valence-corrected chi connectivity index (χ4v) is 2.49. The van der Waals surface area contributed by atoms with E-state index in [1.54, 1.807) is 37.3 Å². The third kappa shape index (κ3) is 4.30. The van der Waals surface area contributed by atoms with E-state index in [0.717, 1.165) is 5.56 Å². The summed E-state index contributed by atoms with van der Waals surface area (Å²) < 4.78 is 16.6. The van der Waals surface area contributed by atoms with Gasteiger partial charge in [-0.25, -0.2) is 4.79 Å². The van der Waals surface area contributed by atoms with E-state index in [2.05, 4.69) is 6.58 Å². The van der Waals surface area contributed by atoms with Crippen molar-refractivity contribution in [2.75, 3.05) is 7.11 Å². The van der Waals surface area contributed by atoms with E-state index in [9.17, 15) is 4.79 Å². The van der Waals surface area contributed by atoms with Crippen molar-refractivity contribution in [3.05, 3.63) is 59.4 Å². The Morgan fingerprint density at radius 3 is 2.72 bits per heavy atom. The minimum absolute atomic E-state index is 0.348. The number of carbonyl (C=O) groups is 1. The zero-order valence-electron chi connectivity index (χ0n) is 14.9. The summed E-state index contributed by atoms with van der Waals surface area (Å²) in [5.41, 5.74) is 1.39. The minimum atomic E-state index is -0.467. The largest absolute Gasteiger partial charge is 0.487 e. The molecule has 0 atom stereocenters. The van der Waals surface area contributed by atoms with E-state index < -0.39 is 5.97 Å². The van der Waals surface area contributed by atoms with Crippen molar-refractivity contribution >= 4 is 5.97 Å². The molecule has 1 aliphatic heterocycles. The number of fused-ring (bicyclic) bond motifs is 1. The van der Waals surface area contributed by atoms with Gasteiger partial charge in [0.2, 0.25) is 0 Å². The smallest absolute Gasteiger partial charge is 0.338 e. The third-order valence-electron chi connectivity index (χ3n) is 3.68. The number of ether oxygens (including phenoxy) is 3. The first-order chi connectivity index (χ1) is 11.8. The second-order valence-electron chi connectivity index (χ2n) is 6.32. The predicted molar refractivity (Wildman–Crippen MR) is 94.5 cm³/mol. The van der Waals surface area contributed by atoms with Crippen LogP contribution in [0.4, 0.5) is 0 Å². The van der Waals surface area contributed by atoms with Crippen LogP contribution in [-0.4, -0.2) is 18.7 Å². The summed E-state index contributed by atoms with van der Waals surface area (Å²) in [7, 11) is 1.32. The average molecular weight is 339 g/mol. The number of hydrogen-bond donors (Lipinski definition) is 0. The molecule has 0 saturated carbocycles. The zero-order chi connectivity index (χ0) is 18.6. The molecule has 0 bridgehead atoms. The molecule has 25 heavy (non-hydrogen) atoms. The molecule has 0 aliphatic carbocycles. The van der Waals surface area contributed by atoms with E-state index in [1.165, 1.54) is 7.11 Å². The predicted octanol–water partition coefficient (Wildman–Crippen LogP) is 4.11. The van der Waals surface area contributed by atoms with Gasteiger partial charge in [-0.3, -0.25) is 0 Å². The standard InChI is InChI=1S/C20H21NO4/c1-6-15(8-7-13(2)12-21)24-17-9-14(19(22)23-5)10-18-16(17)11-20(3,4)25-18/h6-10H,1,11H2,2-5H3/b13-7+,15-8+. The molecule has 5 nitrogen and oxygen atoms in total. The molecule has 1 aromatic carbocycles. The molecule has 0 radical (unpaired) electrons. The molecule has 0 saturated heterocycles. The van der Waals surface area contributed by atoms with Crippen LogP contribution in [0.2, 0.25) is 0 Å². The summed E-state index contributed by atoms with van der Waals surface area (Å²) in [6.45, 7) is 9.37. The van der Waals surface area contributed by atoms with Gasteiger partial charge in [-0.15, -0.1) is 0 Å². The lowest BCUT2D eigenvalue weighted by Crippen LogP contribution is -2.24. The normalized spacial score (nSPS) is 15.6. The summed E-state index contributed by atoms with van der Waals surface area (Å²) in [5, 5.41) is 8.84. The first-order valence-electron chi connectivity index (χ1n) is 7.83. The molecular formula is C20H21NO4. The second-order valence-corrected chi connectivity index (χ2v) is 6.32. The SMILES string of the molecule is C=C/C(=C\C=C(/C)C#N)Oc1cc(C(=O)OC)cc2c1CC(C)(C)O2. The maximum Gasteiger partial charge on any atom is 0.338 e. The van der Waals surface area contributed by atoms with Gasteiger partial charge in [-0.05, 0) is 51.1 Å². The molecule has 0 aromatic heterocycles. The first kappa shape index (κ1) is 18.3. The summed E-state index contributed by atoms with van der Waals surface area (Å²) in [4.78, 5) is 11.9. The lowest BCUT2D eigenvalue weighted by molar-refractivity contribution is 0.0599. The van der Waals surface area contributed by atoms with Crippen molar-refractivity contribution in [3.63, 3.8) is 0 Å². The highest BCUT2D eigenvalue weighted by molar-refractivity contribution is 5.90. The molecule has 0 amide bonds. The van der Waals surface area contributed by atoms with E-state index in [1.807, 2.05) is 19.9 Å². The molecule has 0 spiro atoms. The van der Waals surface area contributed by atoms with Crippen molar-refractivity contribution in [3.8, 4) is 17.6 Å². The first-order valence-corrected chi connectivity index (χ1v) is 7.83. The number of nitriles is 1. The van der Waals surface area contributed by atoms with Crippen LogP contribution in [0.1, 0.15) is 36.7 Å². The summed E-state index contributed by atoms with van der Waals surface area (Å²) in [6, 6.07) is 5.34. The van der Waals surface area contributed by atoms with E-state index >= 15 is 0 Å². The van der Waals surface area contributed by atoms with Crippen LogP contribution in [-0.2, 0) is 11.2 Å². The Morgan fingerprint density at radius 1 is 1.40 bits per heavy atom. The molecule has 1 aromatic rings. The number of hydrogen-bond acceptors (Lipinski definition) is 5. The van der Waals surface area contributed by atoms with Crippen LogP contribution in [0.15, 0.2) is 48.3 Å². The molecule has 5 heteroatoms. The Kier molecular flexibility index (Phi) is 5.33. The van der Waals surface area contributed by atoms with Gasteiger partial charge in [0.15, 0.2) is 0 Å². The number of benzene rings is 1. The van der Waals surface area contributed by atoms with Crippen molar-refractivity contribution in [1.29, 1.82) is 5.26 Å².